The minimum Gasteiger partial charge on any atom is -0.491 e. The van der Waals surface area contributed by atoms with Gasteiger partial charge in [-0.25, -0.2) is 0 Å². The Balaban J connectivity index is 1.61. The van der Waals surface area contributed by atoms with Crippen molar-refractivity contribution in [3.63, 3.8) is 0 Å². The number of carbonyl (C=O) groups is 2. The molecule has 1 heterocycles. The van der Waals surface area contributed by atoms with Gasteiger partial charge in [-0.3, -0.25) is 9.59 Å². The molecule has 0 saturated carbocycles. The minimum absolute atomic E-state index is 0.0410. The van der Waals surface area contributed by atoms with Crippen molar-refractivity contribution >= 4 is 17.5 Å². The van der Waals surface area contributed by atoms with Crippen molar-refractivity contribution in [1.29, 1.82) is 0 Å². The smallest absolute Gasteiger partial charge is 0.255 e. The summed E-state index contributed by atoms with van der Waals surface area (Å²) in [4.78, 5) is 27.0. The molecule has 0 aromatic heterocycles. The van der Waals surface area contributed by atoms with Gasteiger partial charge in [0.25, 0.3) is 11.8 Å². The lowest BCUT2D eigenvalue weighted by molar-refractivity contribution is 0.0682. The van der Waals surface area contributed by atoms with Gasteiger partial charge in [-0.2, -0.15) is 0 Å². The molecule has 0 radical (unpaired) electrons. The topological polar surface area (TPSA) is 58.6 Å². The van der Waals surface area contributed by atoms with Crippen molar-refractivity contribution in [2.45, 2.75) is 39.7 Å². The third-order valence-electron chi connectivity index (χ3n) is 4.82. The Morgan fingerprint density at radius 2 is 1.68 bits per heavy atom. The maximum absolute atomic E-state index is 12.6. The first kappa shape index (κ1) is 19.9. The molecule has 3 rings (SSSR count). The Morgan fingerprint density at radius 3 is 2.29 bits per heavy atom. The van der Waals surface area contributed by atoms with Crippen LogP contribution in [0.1, 0.15) is 54.3 Å². The lowest BCUT2D eigenvalue weighted by Crippen LogP contribution is -2.39. The largest absolute Gasteiger partial charge is 0.491 e. The number of carbonyl (C=O) groups excluding carboxylic acids is 2. The predicted octanol–water partition coefficient (Wildman–Crippen LogP) is 4.60. The van der Waals surface area contributed by atoms with Gasteiger partial charge in [0.1, 0.15) is 5.75 Å². The number of benzene rings is 2. The standard InChI is InChI=1S/C23H28N2O3/c1-16(2)28-21-12-10-20(11-13-21)24-22(26)18-6-8-19(9-7-18)23(27)25-14-4-5-17(3)15-25/h6-13,16-17H,4-5,14-15H2,1-3H3,(H,24,26). The highest BCUT2D eigenvalue weighted by Crippen LogP contribution is 2.20. The van der Waals surface area contributed by atoms with E-state index in [1.165, 1.54) is 6.42 Å². The van der Waals surface area contributed by atoms with Gasteiger partial charge < -0.3 is 15.0 Å². The average molecular weight is 380 g/mol. The minimum atomic E-state index is -0.205. The molecule has 0 bridgehead atoms. The van der Waals surface area contributed by atoms with Crippen molar-refractivity contribution in [2.24, 2.45) is 5.92 Å². The van der Waals surface area contributed by atoms with Gasteiger partial charge in [-0.15, -0.1) is 0 Å². The fraction of sp³-hybridized carbons (Fsp3) is 0.391. The number of nitrogens with one attached hydrogen (secondary N) is 1. The van der Waals surface area contributed by atoms with Crippen LogP contribution in [0.15, 0.2) is 48.5 Å². The summed E-state index contributed by atoms with van der Waals surface area (Å²) in [6.45, 7) is 7.72. The van der Waals surface area contributed by atoms with Crippen molar-refractivity contribution in [1.82, 2.24) is 4.90 Å². The number of likely N-dealkylation sites (tertiary alicyclic amines) is 1. The molecule has 2 aromatic carbocycles. The van der Waals surface area contributed by atoms with Crippen LogP contribution >= 0.6 is 0 Å². The van der Waals surface area contributed by atoms with Crippen LogP contribution in [0.3, 0.4) is 0 Å². The molecule has 0 spiro atoms. The number of ether oxygens (including phenoxy) is 1. The third kappa shape index (κ3) is 5.12. The third-order valence-corrected chi connectivity index (χ3v) is 4.82. The molecule has 5 nitrogen and oxygen atoms in total. The summed E-state index contributed by atoms with van der Waals surface area (Å²) in [6.07, 6.45) is 2.33. The average Bonchev–Trinajstić information content (AvgIpc) is 2.68. The zero-order chi connectivity index (χ0) is 20.1. The quantitative estimate of drug-likeness (QED) is 0.825. The monoisotopic (exact) mass is 380 g/mol. The Kier molecular flexibility index (Phi) is 6.34. The van der Waals surface area contributed by atoms with E-state index >= 15 is 0 Å². The molecule has 1 aliphatic rings. The van der Waals surface area contributed by atoms with Gasteiger partial charge in [0.2, 0.25) is 0 Å². The highest BCUT2D eigenvalue weighted by atomic mass is 16.5. The maximum atomic E-state index is 12.6. The van der Waals surface area contributed by atoms with Crippen molar-refractivity contribution < 1.29 is 14.3 Å². The molecule has 1 fully saturated rings. The van der Waals surface area contributed by atoms with Gasteiger partial charge in [-0.1, -0.05) is 6.92 Å². The first-order chi connectivity index (χ1) is 13.4. The first-order valence-electron chi connectivity index (χ1n) is 9.90. The fourth-order valence-corrected chi connectivity index (χ4v) is 3.41. The maximum Gasteiger partial charge on any atom is 0.255 e. The van der Waals surface area contributed by atoms with E-state index in [4.69, 9.17) is 4.74 Å². The molecule has 1 N–H and O–H groups in total. The SMILES string of the molecule is CC1CCCN(C(=O)c2ccc(C(=O)Nc3ccc(OC(C)C)cc3)cc2)C1. The van der Waals surface area contributed by atoms with Gasteiger partial charge in [0.05, 0.1) is 6.10 Å². The van der Waals surface area contributed by atoms with Crippen molar-refractivity contribution in [3.05, 3.63) is 59.7 Å². The van der Waals surface area contributed by atoms with E-state index in [1.54, 1.807) is 24.3 Å². The molecular weight excluding hydrogens is 352 g/mol. The second-order valence-electron chi connectivity index (χ2n) is 7.72. The Labute approximate surface area is 166 Å². The number of piperidine rings is 1. The van der Waals surface area contributed by atoms with E-state index in [0.29, 0.717) is 22.7 Å². The molecular formula is C23H28N2O3. The Morgan fingerprint density at radius 1 is 1.04 bits per heavy atom. The summed E-state index contributed by atoms with van der Waals surface area (Å²) in [5.41, 5.74) is 1.84. The van der Waals surface area contributed by atoms with E-state index in [2.05, 4.69) is 12.2 Å². The number of amides is 2. The fourth-order valence-electron chi connectivity index (χ4n) is 3.41. The number of hydrogen-bond acceptors (Lipinski definition) is 3. The van der Waals surface area contributed by atoms with Crippen molar-refractivity contribution in [2.75, 3.05) is 18.4 Å². The Bertz CT molecular complexity index is 813. The van der Waals surface area contributed by atoms with E-state index in [9.17, 15) is 9.59 Å². The van der Waals surface area contributed by atoms with E-state index in [1.807, 2.05) is 43.0 Å². The molecule has 1 aliphatic heterocycles. The highest BCUT2D eigenvalue weighted by molar-refractivity contribution is 6.05. The van der Waals surface area contributed by atoms with Crippen LogP contribution in [0.5, 0.6) is 5.75 Å². The van der Waals surface area contributed by atoms with Crippen molar-refractivity contribution in [3.8, 4) is 5.75 Å². The van der Waals surface area contributed by atoms with Gasteiger partial charge in [0, 0.05) is 29.9 Å². The van der Waals surface area contributed by atoms with Crippen LogP contribution in [0.2, 0.25) is 0 Å². The lowest BCUT2D eigenvalue weighted by atomic mass is 9.99. The molecule has 2 aromatic rings. The van der Waals surface area contributed by atoms with Crippen LogP contribution in [0.25, 0.3) is 0 Å². The molecule has 1 unspecified atom stereocenters. The highest BCUT2D eigenvalue weighted by Gasteiger charge is 2.22. The van der Waals surface area contributed by atoms with Gasteiger partial charge in [-0.05, 0) is 81.1 Å². The molecule has 28 heavy (non-hydrogen) atoms. The van der Waals surface area contributed by atoms with E-state index in [0.717, 1.165) is 25.3 Å². The van der Waals surface area contributed by atoms with E-state index in [-0.39, 0.29) is 17.9 Å². The second kappa shape index (κ2) is 8.91. The first-order valence-corrected chi connectivity index (χ1v) is 9.90. The van der Waals surface area contributed by atoms with Crippen LogP contribution in [-0.2, 0) is 0 Å². The number of anilines is 1. The summed E-state index contributed by atoms with van der Waals surface area (Å²) in [6, 6.07) is 14.1. The summed E-state index contributed by atoms with van der Waals surface area (Å²) in [7, 11) is 0. The Hall–Kier alpha value is -2.82. The van der Waals surface area contributed by atoms with Crippen LogP contribution in [0, 0.1) is 5.92 Å². The lowest BCUT2D eigenvalue weighted by Gasteiger charge is -2.31. The molecule has 2 amide bonds. The van der Waals surface area contributed by atoms with Crippen LogP contribution < -0.4 is 10.1 Å². The summed E-state index contributed by atoms with van der Waals surface area (Å²) in [5, 5.41) is 2.87. The second-order valence-corrected chi connectivity index (χ2v) is 7.72. The number of nitrogens with zero attached hydrogens (tertiary/aromatic N) is 1. The number of rotatable bonds is 5. The summed E-state index contributed by atoms with van der Waals surface area (Å²) < 4.78 is 5.60. The molecule has 5 heteroatoms. The number of hydrogen-bond donors (Lipinski definition) is 1. The predicted molar refractivity (Wildman–Crippen MR) is 111 cm³/mol. The summed E-state index contributed by atoms with van der Waals surface area (Å²) in [5.74, 6) is 1.14. The zero-order valence-corrected chi connectivity index (χ0v) is 16.8. The zero-order valence-electron chi connectivity index (χ0n) is 16.8. The molecule has 1 saturated heterocycles. The van der Waals surface area contributed by atoms with E-state index < -0.39 is 0 Å². The van der Waals surface area contributed by atoms with Gasteiger partial charge >= 0.3 is 0 Å². The van der Waals surface area contributed by atoms with Gasteiger partial charge in [0.15, 0.2) is 0 Å². The van der Waals surface area contributed by atoms with Crippen LogP contribution in [0.4, 0.5) is 5.69 Å². The molecule has 0 aliphatic carbocycles. The molecule has 148 valence electrons. The van der Waals surface area contributed by atoms with Crippen LogP contribution in [-0.4, -0.2) is 35.9 Å². The molecule has 1 atom stereocenters. The normalized spacial score (nSPS) is 16.7. The summed E-state index contributed by atoms with van der Waals surface area (Å²) >= 11 is 0.